The molecule has 280 valence electrons. The largest absolute Gasteiger partial charge is 0.455 e. The summed E-state index contributed by atoms with van der Waals surface area (Å²) in [7, 11) is 0. The van der Waals surface area contributed by atoms with Gasteiger partial charge in [0.2, 0.25) is 11.8 Å². The third kappa shape index (κ3) is 7.43. The van der Waals surface area contributed by atoms with Crippen LogP contribution in [0.25, 0.3) is 0 Å². The average molecular weight is 780 g/mol. The first kappa shape index (κ1) is 39.2. The summed E-state index contributed by atoms with van der Waals surface area (Å²) in [5.41, 5.74) is 0.972. The minimum absolute atomic E-state index is 0.0324. The van der Waals surface area contributed by atoms with E-state index in [-0.39, 0.29) is 42.8 Å². The van der Waals surface area contributed by atoms with Crippen molar-refractivity contribution in [2.45, 2.75) is 81.2 Å². The summed E-state index contributed by atoms with van der Waals surface area (Å²) in [6.07, 6.45) is 3.16. The molecule has 2 aromatic rings. The van der Waals surface area contributed by atoms with Crippen LogP contribution in [0.2, 0.25) is 0 Å². The summed E-state index contributed by atoms with van der Waals surface area (Å²) in [5.74, 6) is -3.72. The van der Waals surface area contributed by atoms with Gasteiger partial charge < -0.3 is 34.6 Å². The summed E-state index contributed by atoms with van der Waals surface area (Å²) < 4.78 is 12.9. The van der Waals surface area contributed by atoms with Crippen LogP contribution in [0.4, 0.5) is 11.4 Å². The number of alkyl halides is 1. The van der Waals surface area contributed by atoms with Gasteiger partial charge in [0, 0.05) is 42.3 Å². The van der Waals surface area contributed by atoms with Crippen molar-refractivity contribution in [3.05, 3.63) is 85.5 Å². The van der Waals surface area contributed by atoms with E-state index in [4.69, 9.17) is 9.47 Å². The first-order valence-corrected chi connectivity index (χ1v) is 19.2. The van der Waals surface area contributed by atoms with Crippen LogP contribution in [-0.2, 0) is 28.7 Å². The third-order valence-corrected chi connectivity index (χ3v) is 11.5. The van der Waals surface area contributed by atoms with Crippen LogP contribution in [0.3, 0.4) is 0 Å². The summed E-state index contributed by atoms with van der Waals surface area (Å²) >= 11 is 3.73. The van der Waals surface area contributed by atoms with Crippen molar-refractivity contribution in [3.63, 3.8) is 0 Å². The maximum Gasteiger partial charge on any atom is 0.313 e. The van der Waals surface area contributed by atoms with Gasteiger partial charge in [-0.2, -0.15) is 0 Å². The Balaban J connectivity index is 1.50. The number of rotatable bonds is 18. The molecule has 3 saturated heterocycles. The van der Waals surface area contributed by atoms with Crippen molar-refractivity contribution < 1.29 is 33.8 Å². The number of allylic oxidation sites excluding steroid dienone is 1. The van der Waals surface area contributed by atoms with Crippen LogP contribution in [0, 0.1) is 11.8 Å². The lowest BCUT2D eigenvalue weighted by Gasteiger charge is -2.39. The van der Waals surface area contributed by atoms with Crippen molar-refractivity contribution in [1.82, 2.24) is 10.2 Å². The molecule has 1 spiro atoms. The molecule has 8 atom stereocenters. The SMILES string of the molecule is C=CCCC(=O)NC[C@@H](OC(=O)[C@H]1[C@@H]2O[C@@]3(CC2Br)[C@@H]1C(=O)N([C@@H](CC)CO)[C@@H]3C(=O)N(CC=C)c1ccc(N(CC)CC)cc1)c1ccccc1. The Morgan fingerprint density at radius 2 is 1.75 bits per heavy atom. The number of ether oxygens (including phenoxy) is 2. The van der Waals surface area contributed by atoms with E-state index < -0.39 is 53.6 Å². The molecule has 52 heavy (non-hydrogen) atoms. The third-order valence-electron chi connectivity index (χ3n) is 10.7. The van der Waals surface area contributed by atoms with Gasteiger partial charge in [0.25, 0.3) is 5.91 Å². The number of carbonyl (C=O) groups excluding carboxylic acids is 4. The molecule has 0 aromatic heterocycles. The zero-order valence-electron chi connectivity index (χ0n) is 30.3. The second kappa shape index (κ2) is 17.2. The molecule has 2 bridgehead atoms. The number of anilines is 2. The minimum atomic E-state index is -1.36. The molecule has 3 aliphatic rings. The highest BCUT2D eigenvalue weighted by Gasteiger charge is 2.77. The smallest absolute Gasteiger partial charge is 0.313 e. The Hall–Kier alpha value is -4.00. The topological polar surface area (TPSA) is 129 Å². The normalized spacial score (nSPS) is 25.6. The lowest BCUT2D eigenvalue weighted by Crippen LogP contribution is -2.59. The highest BCUT2D eigenvalue weighted by Crippen LogP contribution is 2.61. The Morgan fingerprint density at radius 1 is 1.08 bits per heavy atom. The molecule has 2 aromatic carbocycles. The summed E-state index contributed by atoms with van der Waals surface area (Å²) in [5, 5.41) is 13.4. The molecule has 5 rings (SSSR count). The number of benzene rings is 2. The minimum Gasteiger partial charge on any atom is -0.455 e. The van der Waals surface area contributed by atoms with Gasteiger partial charge in [-0.25, -0.2) is 0 Å². The van der Waals surface area contributed by atoms with E-state index in [2.05, 4.69) is 53.2 Å². The lowest BCUT2D eigenvalue weighted by molar-refractivity contribution is -0.160. The van der Waals surface area contributed by atoms with Crippen molar-refractivity contribution in [2.75, 3.05) is 42.6 Å². The standard InChI is InChI=1S/C40H51BrN4O7/c1-6-11-17-32(47)42-24-31(26-15-13-12-14-16-26)51-39(50)33-34-37(48)45(27(8-3)25-46)36(40(34)23-30(41)35(33)52-40)38(49)44(22-7-2)29-20-18-28(19-21-29)43(9-4)10-5/h6-7,12-16,18-21,27,30-31,33-36,46H,1-2,8-11,17,22-25H2,3-5H3,(H,42,47)/t27-,30?,31+,33+,34-,35+,36+,40-/m0/s1. The molecule has 3 heterocycles. The van der Waals surface area contributed by atoms with Crippen molar-refractivity contribution in [3.8, 4) is 0 Å². The van der Waals surface area contributed by atoms with Gasteiger partial charge >= 0.3 is 5.97 Å². The fourth-order valence-corrected chi connectivity index (χ4v) is 9.04. The van der Waals surface area contributed by atoms with Gasteiger partial charge in [0.15, 0.2) is 0 Å². The lowest BCUT2D eigenvalue weighted by atomic mass is 9.70. The molecular weight excluding hydrogens is 728 g/mol. The molecule has 0 aliphatic carbocycles. The van der Waals surface area contributed by atoms with E-state index in [1.54, 1.807) is 17.1 Å². The highest BCUT2D eigenvalue weighted by atomic mass is 79.9. The molecule has 3 fully saturated rings. The maximum absolute atomic E-state index is 15.0. The molecule has 3 amide bonds. The van der Waals surface area contributed by atoms with Gasteiger partial charge in [-0.05, 0) is 62.9 Å². The fourth-order valence-electron chi connectivity index (χ4n) is 8.10. The predicted octanol–water partition coefficient (Wildman–Crippen LogP) is 4.94. The number of hydrogen-bond donors (Lipinski definition) is 2. The number of hydrogen-bond acceptors (Lipinski definition) is 8. The first-order valence-electron chi connectivity index (χ1n) is 18.3. The van der Waals surface area contributed by atoms with Crippen molar-refractivity contribution in [2.24, 2.45) is 11.8 Å². The summed E-state index contributed by atoms with van der Waals surface area (Å²) in [4.78, 5) is 61.5. The summed E-state index contributed by atoms with van der Waals surface area (Å²) in [6.45, 7) is 15.1. The highest BCUT2D eigenvalue weighted by molar-refractivity contribution is 9.09. The van der Waals surface area contributed by atoms with Crippen LogP contribution in [-0.4, -0.2) is 95.1 Å². The Labute approximate surface area is 315 Å². The zero-order chi connectivity index (χ0) is 37.6. The number of aliphatic hydroxyl groups excluding tert-OH is 1. The number of aliphatic hydroxyl groups is 1. The van der Waals surface area contributed by atoms with Gasteiger partial charge in [0.05, 0.1) is 37.1 Å². The molecule has 12 heteroatoms. The van der Waals surface area contributed by atoms with Gasteiger partial charge in [-0.1, -0.05) is 65.3 Å². The Bertz CT molecular complexity index is 1600. The van der Waals surface area contributed by atoms with Crippen LogP contribution in [0.5, 0.6) is 0 Å². The molecular formula is C40H51BrN4O7. The van der Waals surface area contributed by atoms with Crippen LogP contribution >= 0.6 is 15.9 Å². The zero-order valence-corrected chi connectivity index (χ0v) is 31.9. The van der Waals surface area contributed by atoms with E-state index in [1.807, 2.05) is 61.5 Å². The monoisotopic (exact) mass is 778 g/mol. The van der Waals surface area contributed by atoms with Crippen LogP contribution < -0.4 is 15.1 Å². The molecule has 2 N–H and O–H groups in total. The number of nitrogens with zero attached hydrogens (tertiary/aromatic N) is 3. The number of halogens is 1. The number of likely N-dealkylation sites (tertiary alicyclic amines) is 1. The van der Waals surface area contributed by atoms with Crippen LogP contribution in [0.1, 0.15) is 58.1 Å². The number of nitrogens with one attached hydrogen (secondary N) is 1. The molecule has 11 nitrogen and oxygen atoms in total. The second-order valence-electron chi connectivity index (χ2n) is 13.5. The molecule has 0 radical (unpaired) electrons. The van der Waals surface area contributed by atoms with E-state index in [0.717, 1.165) is 18.8 Å². The quantitative estimate of drug-likeness (QED) is 0.124. The number of esters is 1. The number of fused-ring (bicyclic) bond motifs is 1. The van der Waals surface area contributed by atoms with Gasteiger partial charge in [-0.3, -0.25) is 19.2 Å². The number of amides is 3. The maximum atomic E-state index is 15.0. The average Bonchev–Trinajstić information content (AvgIpc) is 3.76. The van der Waals surface area contributed by atoms with Crippen molar-refractivity contribution in [1.29, 1.82) is 0 Å². The number of carbonyl (C=O) groups is 4. The predicted molar refractivity (Wildman–Crippen MR) is 204 cm³/mol. The first-order chi connectivity index (χ1) is 25.1. The molecule has 3 aliphatic heterocycles. The second-order valence-corrected chi connectivity index (χ2v) is 14.7. The molecule has 0 saturated carbocycles. The Morgan fingerprint density at radius 3 is 2.35 bits per heavy atom. The van der Waals surface area contributed by atoms with E-state index in [9.17, 15) is 24.3 Å². The van der Waals surface area contributed by atoms with E-state index in [1.165, 1.54) is 4.90 Å². The van der Waals surface area contributed by atoms with Crippen molar-refractivity contribution >= 4 is 51.0 Å². The molecule has 1 unspecified atom stereocenters. The van der Waals surface area contributed by atoms with E-state index >= 15 is 0 Å². The van der Waals surface area contributed by atoms with Crippen LogP contribution in [0.15, 0.2) is 79.9 Å². The van der Waals surface area contributed by atoms with E-state index in [0.29, 0.717) is 30.5 Å². The van der Waals surface area contributed by atoms with Gasteiger partial charge in [0.1, 0.15) is 17.7 Å². The van der Waals surface area contributed by atoms with Gasteiger partial charge in [-0.15, -0.1) is 13.2 Å². The fraction of sp³-hybridized carbons (Fsp3) is 0.500. The summed E-state index contributed by atoms with van der Waals surface area (Å²) in [6, 6.07) is 15.0. The Kier molecular flexibility index (Phi) is 13.0.